The van der Waals surface area contributed by atoms with Crippen molar-refractivity contribution in [2.75, 3.05) is 45.5 Å². The molecule has 6 nitrogen and oxygen atoms in total. The van der Waals surface area contributed by atoms with Crippen molar-refractivity contribution >= 4 is 15.9 Å². The van der Waals surface area contributed by atoms with Crippen molar-refractivity contribution in [3.8, 4) is 0 Å². The molecular formula is C26H44N2O4S. The Hall–Kier alpha value is -0.500. The van der Waals surface area contributed by atoms with Gasteiger partial charge in [0.2, 0.25) is 0 Å². The second-order valence-corrected chi connectivity index (χ2v) is 14.2. The minimum atomic E-state index is -3.49. The van der Waals surface area contributed by atoms with Crippen molar-refractivity contribution in [3.63, 3.8) is 0 Å². The van der Waals surface area contributed by atoms with Crippen LogP contribution < -0.4 is 0 Å². The van der Waals surface area contributed by atoms with E-state index in [1.165, 1.54) is 19.3 Å². The quantitative estimate of drug-likeness (QED) is 0.561. The molecule has 0 radical (unpaired) electrons. The molecule has 0 bridgehead atoms. The summed E-state index contributed by atoms with van der Waals surface area (Å²) in [6.07, 6.45) is 9.13. The SMILES string of the molecule is CN1CCN(CCS(=O)(=O)O[C@H]2CC[C@@]3(C)[C@@H](CC[C@@H]4[C@@H]3CC[C@]3(C)C(=O)CC[C@@H]43)C2)CC1. The second-order valence-electron chi connectivity index (χ2n) is 12.5. The van der Waals surface area contributed by atoms with Gasteiger partial charge in [-0.25, -0.2) is 0 Å². The molecule has 0 aromatic carbocycles. The number of ketones is 1. The maximum Gasteiger partial charge on any atom is 0.268 e. The van der Waals surface area contributed by atoms with Gasteiger partial charge in [0.25, 0.3) is 10.1 Å². The van der Waals surface area contributed by atoms with Crippen LogP contribution in [-0.2, 0) is 19.1 Å². The third-order valence-corrected chi connectivity index (χ3v) is 12.1. The summed E-state index contributed by atoms with van der Waals surface area (Å²) in [6, 6.07) is 0. The Morgan fingerprint density at radius 2 is 1.73 bits per heavy atom. The van der Waals surface area contributed by atoms with Crippen molar-refractivity contribution < 1.29 is 17.4 Å². The average Bonchev–Trinajstić information content (AvgIpc) is 3.08. The minimum Gasteiger partial charge on any atom is -0.304 e. The summed E-state index contributed by atoms with van der Waals surface area (Å²) in [7, 11) is -1.38. The van der Waals surface area contributed by atoms with Gasteiger partial charge >= 0.3 is 0 Å². The van der Waals surface area contributed by atoms with Crippen LogP contribution >= 0.6 is 0 Å². The van der Waals surface area contributed by atoms with E-state index < -0.39 is 10.1 Å². The zero-order valence-electron chi connectivity index (χ0n) is 20.9. The Balaban J connectivity index is 1.18. The van der Waals surface area contributed by atoms with Crippen LogP contribution in [0.2, 0.25) is 0 Å². The number of piperazine rings is 1. The summed E-state index contributed by atoms with van der Waals surface area (Å²) >= 11 is 0. The number of carbonyl (C=O) groups is 1. The number of hydrogen-bond donors (Lipinski definition) is 0. The lowest BCUT2D eigenvalue weighted by molar-refractivity contribution is -0.141. The fourth-order valence-corrected chi connectivity index (χ4v) is 9.81. The molecule has 4 saturated carbocycles. The highest BCUT2D eigenvalue weighted by Crippen LogP contribution is 2.65. The molecular weight excluding hydrogens is 436 g/mol. The molecule has 0 aromatic heterocycles. The van der Waals surface area contributed by atoms with Gasteiger partial charge < -0.3 is 4.90 Å². The molecule has 188 valence electrons. The molecule has 33 heavy (non-hydrogen) atoms. The second kappa shape index (κ2) is 8.86. The fraction of sp³-hybridized carbons (Fsp3) is 0.962. The largest absolute Gasteiger partial charge is 0.304 e. The molecule has 0 unspecified atom stereocenters. The van der Waals surface area contributed by atoms with Gasteiger partial charge in [0.15, 0.2) is 0 Å². The highest BCUT2D eigenvalue weighted by atomic mass is 32.2. The first kappa shape index (κ1) is 24.2. The smallest absolute Gasteiger partial charge is 0.268 e. The maximum absolute atomic E-state index is 12.8. The number of hydrogen-bond acceptors (Lipinski definition) is 6. The molecule has 0 aromatic rings. The summed E-state index contributed by atoms with van der Waals surface area (Å²) < 4.78 is 31.4. The Morgan fingerprint density at radius 1 is 0.970 bits per heavy atom. The van der Waals surface area contributed by atoms with E-state index >= 15 is 0 Å². The first-order valence-corrected chi connectivity index (χ1v) is 15.0. The third-order valence-electron chi connectivity index (χ3n) is 10.9. The lowest BCUT2D eigenvalue weighted by atomic mass is 9.45. The Labute approximate surface area is 200 Å². The van der Waals surface area contributed by atoms with Gasteiger partial charge in [-0.15, -0.1) is 0 Å². The lowest BCUT2D eigenvalue weighted by Crippen LogP contribution is -2.54. The summed E-state index contributed by atoms with van der Waals surface area (Å²) in [5, 5.41) is 0. The topological polar surface area (TPSA) is 66.9 Å². The molecule has 0 amide bonds. The van der Waals surface area contributed by atoms with Crippen LogP contribution in [-0.4, -0.2) is 75.6 Å². The number of nitrogens with zero attached hydrogens (tertiary/aromatic N) is 2. The van der Waals surface area contributed by atoms with E-state index in [1.54, 1.807) is 0 Å². The Morgan fingerprint density at radius 3 is 2.48 bits per heavy atom. The van der Waals surface area contributed by atoms with Gasteiger partial charge in [0.1, 0.15) is 5.78 Å². The number of rotatable bonds is 5. The normalized spacial score (nSPS) is 44.8. The Bertz CT molecular complexity index is 854. The first-order valence-electron chi connectivity index (χ1n) is 13.5. The lowest BCUT2D eigenvalue weighted by Gasteiger charge is -2.60. The summed E-state index contributed by atoms with van der Waals surface area (Å²) in [4.78, 5) is 17.2. The molecule has 5 rings (SSSR count). The molecule has 5 aliphatic rings. The van der Waals surface area contributed by atoms with Gasteiger partial charge in [-0.1, -0.05) is 13.8 Å². The monoisotopic (exact) mass is 480 g/mol. The zero-order valence-corrected chi connectivity index (χ0v) is 21.7. The van der Waals surface area contributed by atoms with E-state index in [-0.39, 0.29) is 22.7 Å². The first-order chi connectivity index (χ1) is 15.6. The van der Waals surface area contributed by atoms with Crippen LogP contribution in [0.3, 0.4) is 0 Å². The third kappa shape index (κ3) is 4.45. The van der Waals surface area contributed by atoms with Crippen molar-refractivity contribution in [1.29, 1.82) is 0 Å². The molecule has 1 saturated heterocycles. The molecule has 4 aliphatic carbocycles. The molecule has 1 aliphatic heterocycles. The van der Waals surface area contributed by atoms with Crippen LogP contribution in [0, 0.1) is 34.5 Å². The number of Topliss-reactive ketones (excluding diaryl/α,β-unsaturated/α-hetero) is 1. The molecule has 5 fully saturated rings. The van der Waals surface area contributed by atoms with Crippen LogP contribution in [0.4, 0.5) is 0 Å². The number of likely N-dealkylation sites (N-methyl/N-ethyl adjacent to an activating group) is 1. The van der Waals surface area contributed by atoms with Gasteiger partial charge in [-0.3, -0.25) is 13.9 Å². The predicted molar refractivity (Wildman–Crippen MR) is 129 cm³/mol. The predicted octanol–water partition coefficient (Wildman–Crippen LogP) is 3.56. The van der Waals surface area contributed by atoms with Crippen molar-refractivity contribution in [2.45, 2.75) is 77.7 Å². The minimum absolute atomic E-state index is 0.0669. The highest BCUT2D eigenvalue weighted by Gasteiger charge is 2.60. The van der Waals surface area contributed by atoms with E-state index in [9.17, 15) is 13.2 Å². The Kier molecular flexibility index (Phi) is 6.50. The van der Waals surface area contributed by atoms with Crippen LogP contribution in [0.1, 0.15) is 71.6 Å². The molecule has 0 spiro atoms. The van der Waals surface area contributed by atoms with Gasteiger partial charge in [0.05, 0.1) is 11.9 Å². The maximum atomic E-state index is 12.8. The van der Waals surface area contributed by atoms with Gasteiger partial charge in [-0.2, -0.15) is 8.42 Å². The van der Waals surface area contributed by atoms with E-state index in [2.05, 4.69) is 30.7 Å². The van der Waals surface area contributed by atoms with E-state index in [1.807, 2.05) is 0 Å². The van der Waals surface area contributed by atoms with Crippen LogP contribution in [0.15, 0.2) is 0 Å². The van der Waals surface area contributed by atoms with Crippen LogP contribution in [0.25, 0.3) is 0 Å². The number of carbonyl (C=O) groups excluding carboxylic acids is 1. The van der Waals surface area contributed by atoms with Gasteiger partial charge in [0, 0.05) is 44.6 Å². The summed E-state index contributed by atoms with van der Waals surface area (Å²) in [5.74, 6) is 3.11. The summed E-state index contributed by atoms with van der Waals surface area (Å²) in [6.45, 7) is 9.17. The summed E-state index contributed by atoms with van der Waals surface area (Å²) in [5.41, 5.74) is 0.210. The molecule has 7 atom stereocenters. The van der Waals surface area contributed by atoms with E-state index in [0.717, 1.165) is 64.7 Å². The highest BCUT2D eigenvalue weighted by molar-refractivity contribution is 7.86. The van der Waals surface area contributed by atoms with Crippen molar-refractivity contribution in [1.82, 2.24) is 9.80 Å². The number of fused-ring (bicyclic) bond motifs is 5. The van der Waals surface area contributed by atoms with Crippen molar-refractivity contribution in [2.24, 2.45) is 34.5 Å². The van der Waals surface area contributed by atoms with E-state index in [0.29, 0.717) is 36.0 Å². The standard InChI is InChI=1S/C26H44N2O4S/c1-25-10-8-20(32-33(30,31)17-16-28-14-12-27(3)13-15-28)18-19(25)4-5-21-22-6-7-24(29)26(22,2)11-9-23(21)25/h19-23H,4-18H2,1-3H3/t19-,20-,21-,22-,23-,25-,26-/m0/s1. The molecule has 7 heteroatoms. The van der Waals surface area contributed by atoms with E-state index in [4.69, 9.17) is 4.18 Å². The molecule has 0 N–H and O–H groups in total. The molecule has 1 heterocycles. The van der Waals surface area contributed by atoms with Crippen molar-refractivity contribution in [3.05, 3.63) is 0 Å². The average molecular weight is 481 g/mol. The fourth-order valence-electron chi connectivity index (χ4n) is 8.64. The van der Waals surface area contributed by atoms with Crippen LogP contribution in [0.5, 0.6) is 0 Å². The van der Waals surface area contributed by atoms with Gasteiger partial charge in [-0.05, 0) is 87.5 Å². The zero-order chi connectivity index (χ0) is 23.4.